The van der Waals surface area contributed by atoms with Crippen molar-refractivity contribution in [3.63, 3.8) is 0 Å². The van der Waals surface area contributed by atoms with E-state index in [9.17, 15) is 14.9 Å². The lowest BCUT2D eigenvalue weighted by Crippen LogP contribution is -2.34. The molecular formula is C12H13N3O3. The fourth-order valence-electron chi connectivity index (χ4n) is 1.43. The highest BCUT2D eigenvalue weighted by molar-refractivity contribution is 5.94. The lowest BCUT2D eigenvalue weighted by molar-refractivity contribution is -0.384. The molecule has 6 heteroatoms. The molecule has 0 aliphatic heterocycles. The monoisotopic (exact) mass is 247 g/mol. The molecule has 0 heterocycles. The predicted molar refractivity (Wildman–Crippen MR) is 64.9 cm³/mol. The Kier molecular flexibility index (Phi) is 4.38. The van der Waals surface area contributed by atoms with Gasteiger partial charge in [0.15, 0.2) is 0 Å². The van der Waals surface area contributed by atoms with Gasteiger partial charge < -0.3 is 4.90 Å². The number of nitro groups is 1. The van der Waals surface area contributed by atoms with Crippen molar-refractivity contribution in [2.45, 2.75) is 19.4 Å². The Morgan fingerprint density at radius 1 is 1.61 bits per heavy atom. The van der Waals surface area contributed by atoms with Crippen LogP contribution in [0.2, 0.25) is 0 Å². The number of nitrogens with zero attached hydrogens (tertiary/aromatic N) is 3. The molecule has 18 heavy (non-hydrogen) atoms. The number of rotatable bonds is 4. The average molecular weight is 247 g/mol. The number of nitro benzene ring substituents is 1. The molecule has 1 amide bonds. The van der Waals surface area contributed by atoms with Crippen LogP contribution in [0, 0.1) is 21.4 Å². The van der Waals surface area contributed by atoms with Gasteiger partial charge in [-0.2, -0.15) is 5.26 Å². The number of benzene rings is 1. The molecule has 0 aromatic heterocycles. The van der Waals surface area contributed by atoms with Crippen molar-refractivity contribution in [1.29, 1.82) is 5.26 Å². The number of carbonyl (C=O) groups is 1. The quantitative estimate of drug-likeness (QED) is 0.601. The second-order valence-corrected chi connectivity index (χ2v) is 3.93. The zero-order valence-electron chi connectivity index (χ0n) is 10.2. The summed E-state index contributed by atoms with van der Waals surface area (Å²) in [5, 5.41) is 19.2. The topological polar surface area (TPSA) is 87.2 Å². The molecular weight excluding hydrogens is 234 g/mol. The molecule has 0 fully saturated rings. The first-order chi connectivity index (χ1) is 8.47. The summed E-state index contributed by atoms with van der Waals surface area (Å²) in [6.45, 7) is 1.75. The Morgan fingerprint density at radius 3 is 2.83 bits per heavy atom. The summed E-state index contributed by atoms with van der Waals surface area (Å²) in [5.74, 6) is -0.332. The molecule has 0 saturated carbocycles. The van der Waals surface area contributed by atoms with Gasteiger partial charge in [-0.15, -0.1) is 0 Å². The molecule has 1 atom stereocenters. The van der Waals surface area contributed by atoms with E-state index in [0.717, 1.165) is 0 Å². The summed E-state index contributed by atoms with van der Waals surface area (Å²) >= 11 is 0. The number of non-ortho nitro benzene ring substituents is 1. The highest BCUT2D eigenvalue weighted by Gasteiger charge is 2.19. The van der Waals surface area contributed by atoms with E-state index >= 15 is 0 Å². The molecule has 6 nitrogen and oxygen atoms in total. The van der Waals surface area contributed by atoms with E-state index < -0.39 is 4.92 Å². The van der Waals surface area contributed by atoms with Crippen LogP contribution >= 0.6 is 0 Å². The SMILES string of the molecule is CC(CC#N)N(C)C(=O)c1cccc([N+](=O)[O-])c1. The van der Waals surface area contributed by atoms with Crippen LogP contribution in [0.15, 0.2) is 24.3 Å². The first-order valence-corrected chi connectivity index (χ1v) is 5.36. The van der Waals surface area contributed by atoms with Crippen molar-refractivity contribution in [2.24, 2.45) is 0 Å². The molecule has 0 saturated heterocycles. The van der Waals surface area contributed by atoms with Crippen molar-refractivity contribution in [1.82, 2.24) is 4.90 Å². The molecule has 94 valence electrons. The van der Waals surface area contributed by atoms with Crippen LogP contribution in [0.1, 0.15) is 23.7 Å². The van der Waals surface area contributed by atoms with Crippen molar-refractivity contribution in [3.8, 4) is 6.07 Å². The molecule has 0 aliphatic rings. The number of carbonyl (C=O) groups excluding carboxylic acids is 1. The van der Waals surface area contributed by atoms with E-state index in [1.54, 1.807) is 14.0 Å². The Bertz CT molecular complexity index is 508. The maximum Gasteiger partial charge on any atom is 0.270 e. The summed E-state index contributed by atoms with van der Waals surface area (Å²) in [6.07, 6.45) is 0.219. The summed E-state index contributed by atoms with van der Waals surface area (Å²) in [7, 11) is 1.57. The van der Waals surface area contributed by atoms with E-state index in [1.807, 2.05) is 6.07 Å². The third kappa shape index (κ3) is 3.04. The van der Waals surface area contributed by atoms with Crippen LogP contribution in [0.3, 0.4) is 0 Å². The summed E-state index contributed by atoms with van der Waals surface area (Å²) < 4.78 is 0. The minimum Gasteiger partial charge on any atom is -0.338 e. The van der Waals surface area contributed by atoms with Crippen molar-refractivity contribution >= 4 is 11.6 Å². The molecule has 1 aromatic carbocycles. The number of hydrogen-bond donors (Lipinski definition) is 0. The second-order valence-electron chi connectivity index (χ2n) is 3.93. The number of amides is 1. The zero-order valence-corrected chi connectivity index (χ0v) is 10.2. The molecule has 1 rings (SSSR count). The van der Waals surface area contributed by atoms with E-state index in [0.29, 0.717) is 0 Å². The van der Waals surface area contributed by atoms with E-state index in [2.05, 4.69) is 0 Å². The van der Waals surface area contributed by atoms with Crippen LogP contribution in [0.25, 0.3) is 0 Å². The van der Waals surface area contributed by atoms with Crippen LogP contribution < -0.4 is 0 Å². The predicted octanol–water partition coefficient (Wildman–Crippen LogP) is 1.97. The van der Waals surface area contributed by atoms with Gasteiger partial charge >= 0.3 is 0 Å². The molecule has 0 radical (unpaired) electrons. The highest BCUT2D eigenvalue weighted by Crippen LogP contribution is 2.15. The fourth-order valence-corrected chi connectivity index (χ4v) is 1.43. The Morgan fingerprint density at radius 2 is 2.28 bits per heavy atom. The Balaban J connectivity index is 2.94. The third-order valence-corrected chi connectivity index (χ3v) is 2.67. The van der Waals surface area contributed by atoms with Gasteiger partial charge in [-0.05, 0) is 13.0 Å². The van der Waals surface area contributed by atoms with Crippen LogP contribution in [0.5, 0.6) is 0 Å². The Labute approximate surface area is 105 Å². The normalized spacial score (nSPS) is 11.4. The largest absolute Gasteiger partial charge is 0.338 e. The molecule has 1 unspecified atom stereocenters. The first kappa shape index (κ1) is 13.6. The van der Waals surface area contributed by atoms with Crippen LogP contribution in [0.4, 0.5) is 5.69 Å². The zero-order chi connectivity index (χ0) is 13.7. The van der Waals surface area contributed by atoms with E-state index in [4.69, 9.17) is 5.26 Å². The summed E-state index contributed by atoms with van der Waals surface area (Å²) in [6, 6.07) is 7.30. The minimum absolute atomic E-state index is 0.123. The lowest BCUT2D eigenvalue weighted by Gasteiger charge is -2.22. The van der Waals surface area contributed by atoms with Gasteiger partial charge in [0.2, 0.25) is 0 Å². The van der Waals surface area contributed by atoms with Crippen LogP contribution in [-0.4, -0.2) is 28.8 Å². The van der Waals surface area contributed by atoms with Gasteiger partial charge in [0.25, 0.3) is 11.6 Å². The van der Waals surface area contributed by atoms with Crippen molar-refractivity contribution in [3.05, 3.63) is 39.9 Å². The van der Waals surface area contributed by atoms with Gasteiger partial charge in [0, 0.05) is 30.8 Å². The lowest BCUT2D eigenvalue weighted by atomic mass is 10.1. The van der Waals surface area contributed by atoms with Gasteiger partial charge in [-0.25, -0.2) is 0 Å². The van der Waals surface area contributed by atoms with Gasteiger partial charge in [-0.1, -0.05) is 6.07 Å². The highest BCUT2D eigenvalue weighted by atomic mass is 16.6. The maximum atomic E-state index is 12.0. The molecule has 1 aromatic rings. The van der Waals surface area contributed by atoms with Gasteiger partial charge in [0.05, 0.1) is 17.4 Å². The van der Waals surface area contributed by atoms with Crippen molar-refractivity contribution in [2.75, 3.05) is 7.05 Å². The van der Waals surface area contributed by atoms with Gasteiger partial charge in [-0.3, -0.25) is 14.9 Å². The molecule has 0 spiro atoms. The molecule has 0 bridgehead atoms. The minimum atomic E-state index is -0.546. The first-order valence-electron chi connectivity index (χ1n) is 5.36. The smallest absolute Gasteiger partial charge is 0.270 e. The fraction of sp³-hybridized carbons (Fsp3) is 0.333. The third-order valence-electron chi connectivity index (χ3n) is 2.67. The second kappa shape index (κ2) is 5.77. The van der Waals surface area contributed by atoms with Crippen molar-refractivity contribution < 1.29 is 9.72 Å². The molecule has 0 N–H and O–H groups in total. The van der Waals surface area contributed by atoms with E-state index in [-0.39, 0.29) is 29.6 Å². The molecule has 0 aliphatic carbocycles. The standard InChI is InChI=1S/C12H13N3O3/c1-9(6-7-13)14(2)12(16)10-4-3-5-11(8-10)15(17)18/h3-5,8-9H,6H2,1-2H3. The van der Waals surface area contributed by atoms with E-state index in [1.165, 1.54) is 29.2 Å². The number of nitriles is 1. The maximum absolute atomic E-state index is 12.0. The average Bonchev–Trinajstić information content (AvgIpc) is 2.37. The Hall–Kier alpha value is -2.42. The summed E-state index contributed by atoms with van der Waals surface area (Å²) in [4.78, 5) is 23.5. The van der Waals surface area contributed by atoms with Crippen LogP contribution in [-0.2, 0) is 0 Å². The number of hydrogen-bond acceptors (Lipinski definition) is 4. The van der Waals surface area contributed by atoms with Gasteiger partial charge in [0.1, 0.15) is 0 Å². The summed E-state index contributed by atoms with van der Waals surface area (Å²) in [5.41, 5.74) is 0.124.